The van der Waals surface area contributed by atoms with Gasteiger partial charge in [-0.1, -0.05) is 115 Å². The number of anilines is 1. The molecule has 0 bridgehead atoms. The fourth-order valence-electron chi connectivity index (χ4n) is 4.79. The minimum Gasteiger partial charge on any atom is -0.354 e. The number of amides is 2. The summed E-state index contributed by atoms with van der Waals surface area (Å²) in [4.78, 5) is 29.8. The van der Waals surface area contributed by atoms with Crippen molar-refractivity contribution in [3.8, 4) is 0 Å². The molecule has 1 atom stereocenters. The third kappa shape index (κ3) is 8.87. The molecule has 0 unspecified atom stereocenters. The second-order valence-electron chi connectivity index (χ2n) is 11.2. The summed E-state index contributed by atoms with van der Waals surface area (Å²) in [7, 11) is -4.25. The van der Waals surface area contributed by atoms with Crippen LogP contribution in [0.5, 0.6) is 0 Å². The zero-order valence-electron chi connectivity index (χ0n) is 25.5. The van der Waals surface area contributed by atoms with Crippen molar-refractivity contribution >= 4 is 50.7 Å². The van der Waals surface area contributed by atoms with E-state index in [-0.39, 0.29) is 40.4 Å². The van der Waals surface area contributed by atoms with E-state index in [0.29, 0.717) is 17.1 Å². The fourth-order valence-corrected chi connectivity index (χ4v) is 6.71. The molecule has 4 rings (SSSR count). The van der Waals surface area contributed by atoms with Gasteiger partial charge in [-0.15, -0.1) is 0 Å². The minimum atomic E-state index is -4.25. The predicted molar refractivity (Wildman–Crippen MR) is 181 cm³/mol. The number of sulfonamides is 1. The van der Waals surface area contributed by atoms with Crippen molar-refractivity contribution in [3.63, 3.8) is 0 Å². The van der Waals surface area contributed by atoms with E-state index in [9.17, 15) is 18.0 Å². The van der Waals surface area contributed by atoms with E-state index in [1.807, 2.05) is 51.1 Å². The molecule has 45 heavy (non-hydrogen) atoms. The van der Waals surface area contributed by atoms with Gasteiger partial charge in [0.2, 0.25) is 11.8 Å². The molecule has 1 N–H and O–H groups in total. The summed E-state index contributed by atoms with van der Waals surface area (Å²) in [5.41, 5.74) is 2.49. The highest BCUT2D eigenvalue weighted by Crippen LogP contribution is 2.31. The van der Waals surface area contributed by atoms with Gasteiger partial charge in [0.25, 0.3) is 10.0 Å². The third-order valence-corrected chi connectivity index (χ3v) is 9.73. The number of hydrogen-bond donors (Lipinski definition) is 1. The van der Waals surface area contributed by atoms with Crippen LogP contribution in [0.2, 0.25) is 10.0 Å². The Hall–Kier alpha value is -3.85. The molecule has 0 heterocycles. The summed E-state index contributed by atoms with van der Waals surface area (Å²) in [6, 6.07) is 28.3. The lowest BCUT2D eigenvalue weighted by Crippen LogP contribution is -2.53. The Morgan fingerprint density at radius 3 is 2.02 bits per heavy atom. The van der Waals surface area contributed by atoms with Gasteiger partial charge < -0.3 is 10.2 Å². The Morgan fingerprint density at radius 1 is 0.800 bits per heavy atom. The smallest absolute Gasteiger partial charge is 0.264 e. The van der Waals surface area contributed by atoms with Crippen molar-refractivity contribution in [1.82, 2.24) is 10.2 Å². The molecule has 0 aliphatic heterocycles. The SMILES string of the molecule is Cc1ccc(S(=O)(=O)N(CC(=O)N(Cc2ccccc2Cl)[C@H](Cc2ccccc2)C(=O)NCC(C)C)c2ccccc2Cl)cc1. The molecule has 0 aliphatic rings. The largest absolute Gasteiger partial charge is 0.354 e. The highest BCUT2D eigenvalue weighted by Gasteiger charge is 2.35. The summed E-state index contributed by atoms with van der Waals surface area (Å²) in [6.07, 6.45) is 0.206. The lowest BCUT2D eigenvalue weighted by atomic mass is 10.0. The van der Waals surface area contributed by atoms with E-state index < -0.39 is 28.5 Å². The zero-order valence-corrected chi connectivity index (χ0v) is 27.8. The van der Waals surface area contributed by atoms with E-state index >= 15 is 0 Å². The number of benzene rings is 4. The molecule has 0 aliphatic carbocycles. The number of hydrogen-bond acceptors (Lipinski definition) is 4. The quantitative estimate of drug-likeness (QED) is 0.168. The number of aryl methyl sites for hydroxylation is 1. The number of halogens is 2. The maximum Gasteiger partial charge on any atom is 0.264 e. The zero-order chi connectivity index (χ0) is 32.6. The van der Waals surface area contributed by atoms with Crippen molar-refractivity contribution in [2.75, 3.05) is 17.4 Å². The molecule has 2 amide bonds. The summed E-state index contributed by atoms with van der Waals surface area (Å²) < 4.78 is 29.3. The molecule has 0 aromatic heterocycles. The topological polar surface area (TPSA) is 86.8 Å². The van der Waals surface area contributed by atoms with E-state index in [1.165, 1.54) is 17.0 Å². The Balaban J connectivity index is 1.81. The van der Waals surface area contributed by atoms with E-state index in [2.05, 4.69) is 5.32 Å². The maximum absolute atomic E-state index is 14.5. The van der Waals surface area contributed by atoms with Crippen molar-refractivity contribution < 1.29 is 18.0 Å². The van der Waals surface area contributed by atoms with Gasteiger partial charge >= 0.3 is 0 Å². The van der Waals surface area contributed by atoms with Gasteiger partial charge in [-0.25, -0.2) is 8.42 Å². The first-order chi connectivity index (χ1) is 21.5. The number of nitrogens with one attached hydrogen (secondary N) is 1. The first-order valence-corrected chi connectivity index (χ1v) is 16.9. The Labute approximate surface area is 275 Å². The van der Waals surface area contributed by atoms with Crippen LogP contribution in [0, 0.1) is 12.8 Å². The highest BCUT2D eigenvalue weighted by molar-refractivity contribution is 7.92. The van der Waals surface area contributed by atoms with Gasteiger partial charge in [0, 0.05) is 24.5 Å². The lowest BCUT2D eigenvalue weighted by Gasteiger charge is -2.34. The lowest BCUT2D eigenvalue weighted by molar-refractivity contribution is -0.140. The highest BCUT2D eigenvalue weighted by atomic mass is 35.5. The predicted octanol–water partition coefficient (Wildman–Crippen LogP) is 6.91. The second-order valence-corrected chi connectivity index (χ2v) is 13.9. The average Bonchev–Trinajstić information content (AvgIpc) is 3.02. The summed E-state index contributed by atoms with van der Waals surface area (Å²) in [5.74, 6) is -0.765. The van der Waals surface area contributed by atoms with Crippen LogP contribution in [-0.4, -0.2) is 44.3 Å². The van der Waals surface area contributed by atoms with Crippen LogP contribution < -0.4 is 9.62 Å². The second kappa shape index (κ2) is 15.4. The van der Waals surface area contributed by atoms with Crippen LogP contribution in [0.25, 0.3) is 0 Å². The summed E-state index contributed by atoms with van der Waals surface area (Å²) in [5, 5.41) is 3.56. The maximum atomic E-state index is 14.5. The molecule has 0 saturated heterocycles. The van der Waals surface area contributed by atoms with Gasteiger partial charge in [-0.3, -0.25) is 13.9 Å². The van der Waals surface area contributed by atoms with Crippen LogP contribution in [0.4, 0.5) is 5.69 Å². The standard InChI is InChI=1S/C35H37Cl2N3O4S/c1-25(2)22-38-35(42)33(21-27-11-5-4-6-12-27)39(23-28-13-7-8-14-30(28)36)34(41)24-40(32-16-10-9-15-31(32)37)45(43,44)29-19-17-26(3)18-20-29/h4-20,25,33H,21-24H2,1-3H3,(H,38,42)/t33-/m1/s1. The fraction of sp³-hybridized carbons (Fsp3) is 0.257. The molecule has 0 radical (unpaired) electrons. The van der Waals surface area contributed by atoms with Crippen LogP contribution in [0.15, 0.2) is 108 Å². The van der Waals surface area contributed by atoms with Gasteiger partial charge in [-0.05, 0) is 54.3 Å². The van der Waals surface area contributed by atoms with Gasteiger partial charge in [0.1, 0.15) is 12.6 Å². The molecule has 236 valence electrons. The van der Waals surface area contributed by atoms with Crippen LogP contribution in [0.3, 0.4) is 0 Å². The number of carbonyl (C=O) groups excluding carboxylic acids is 2. The van der Waals surface area contributed by atoms with Crippen LogP contribution in [0.1, 0.15) is 30.5 Å². The van der Waals surface area contributed by atoms with E-state index in [0.717, 1.165) is 15.4 Å². The molecule has 4 aromatic carbocycles. The van der Waals surface area contributed by atoms with Crippen LogP contribution >= 0.6 is 23.2 Å². The number of carbonyl (C=O) groups is 2. The van der Waals surface area contributed by atoms with E-state index in [4.69, 9.17) is 23.2 Å². The van der Waals surface area contributed by atoms with Crippen molar-refractivity contribution in [1.29, 1.82) is 0 Å². The molecule has 4 aromatic rings. The molecule has 0 saturated carbocycles. The summed E-state index contributed by atoms with van der Waals surface area (Å²) >= 11 is 13.1. The number of rotatable bonds is 13. The Kier molecular flexibility index (Phi) is 11.7. The van der Waals surface area contributed by atoms with Crippen molar-refractivity contribution in [2.45, 2.75) is 44.7 Å². The molecule has 7 nitrogen and oxygen atoms in total. The van der Waals surface area contributed by atoms with E-state index in [1.54, 1.807) is 60.7 Å². The third-order valence-electron chi connectivity index (χ3n) is 7.26. The van der Waals surface area contributed by atoms with Crippen molar-refractivity contribution in [2.24, 2.45) is 5.92 Å². The Bertz CT molecular complexity index is 1710. The minimum absolute atomic E-state index is 0.00832. The first kappa shape index (κ1) is 34.0. The Morgan fingerprint density at radius 2 is 1.40 bits per heavy atom. The van der Waals surface area contributed by atoms with Gasteiger partial charge in [0.05, 0.1) is 15.6 Å². The normalized spacial score (nSPS) is 12.0. The first-order valence-electron chi connectivity index (χ1n) is 14.7. The molecule has 0 spiro atoms. The van der Waals surface area contributed by atoms with Gasteiger partial charge in [0.15, 0.2) is 0 Å². The molecular weight excluding hydrogens is 629 g/mol. The van der Waals surface area contributed by atoms with Crippen LogP contribution in [-0.2, 0) is 32.6 Å². The molecular formula is C35H37Cl2N3O4S. The van der Waals surface area contributed by atoms with Gasteiger partial charge in [-0.2, -0.15) is 0 Å². The average molecular weight is 667 g/mol. The monoisotopic (exact) mass is 665 g/mol. The number of nitrogens with zero attached hydrogens (tertiary/aromatic N) is 2. The molecule has 10 heteroatoms. The number of para-hydroxylation sites is 1. The molecule has 0 fully saturated rings. The van der Waals surface area contributed by atoms with Crippen molar-refractivity contribution in [3.05, 3.63) is 130 Å². The summed E-state index contributed by atoms with van der Waals surface area (Å²) in [6.45, 7) is 5.60.